The standard InChI is InChI=1S/C21H19F2N3O2S/c1-12-3-2-4-14(9-12)24-21-26(15-6-7-15)20(28)18(29-21)11-19(27)25-17-8-5-13(22)10-16(17)23/h2-5,8-10,15,18H,6-7,11H2,1H3,(H,25,27). The van der Waals surface area contributed by atoms with E-state index in [1.165, 1.54) is 11.8 Å². The zero-order valence-corrected chi connectivity index (χ0v) is 16.5. The lowest BCUT2D eigenvalue weighted by atomic mass is 10.2. The predicted octanol–water partition coefficient (Wildman–Crippen LogP) is 4.40. The second-order valence-corrected chi connectivity index (χ2v) is 8.33. The van der Waals surface area contributed by atoms with E-state index in [9.17, 15) is 18.4 Å². The van der Waals surface area contributed by atoms with Crippen LogP contribution in [0.15, 0.2) is 47.5 Å². The SMILES string of the molecule is Cc1cccc(N=C2SC(CC(=O)Nc3ccc(F)cc3F)C(=O)N2C2CC2)c1. The maximum absolute atomic E-state index is 13.8. The second-order valence-electron chi connectivity index (χ2n) is 7.16. The van der Waals surface area contributed by atoms with Gasteiger partial charge in [0.25, 0.3) is 0 Å². The number of amides is 2. The van der Waals surface area contributed by atoms with Gasteiger partial charge in [0.2, 0.25) is 11.8 Å². The zero-order chi connectivity index (χ0) is 20.5. The summed E-state index contributed by atoms with van der Waals surface area (Å²) in [5.41, 5.74) is 1.71. The van der Waals surface area contributed by atoms with Crippen molar-refractivity contribution in [3.05, 3.63) is 59.7 Å². The normalized spacial score (nSPS) is 20.4. The van der Waals surface area contributed by atoms with Gasteiger partial charge in [-0.1, -0.05) is 23.9 Å². The average molecular weight is 415 g/mol. The average Bonchev–Trinajstić information content (AvgIpc) is 3.44. The van der Waals surface area contributed by atoms with Gasteiger partial charge in [0.05, 0.1) is 11.4 Å². The molecule has 2 aromatic rings. The first-order chi connectivity index (χ1) is 13.9. The molecule has 2 fully saturated rings. The minimum absolute atomic E-state index is 0.112. The Hall–Kier alpha value is -2.74. The topological polar surface area (TPSA) is 61.8 Å². The number of nitrogens with zero attached hydrogens (tertiary/aromatic N) is 2. The molecule has 0 radical (unpaired) electrons. The molecule has 1 atom stereocenters. The Bertz CT molecular complexity index is 1010. The van der Waals surface area contributed by atoms with Crippen LogP contribution in [0.3, 0.4) is 0 Å². The molecule has 1 unspecified atom stereocenters. The van der Waals surface area contributed by atoms with Gasteiger partial charge in [-0.2, -0.15) is 0 Å². The highest BCUT2D eigenvalue weighted by Gasteiger charge is 2.46. The van der Waals surface area contributed by atoms with Crippen LogP contribution in [0.25, 0.3) is 0 Å². The van der Waals surface area contributed by atoms with Crippen molar-refractivity contribution in [2.45, 2.75) is 37.5 Å². The van der Waals surface area contributed by atoms with Gasteiger partial charge in [-0.3, -0.25) is 14.5 Å². The van der Waals surface area contributed by atoms with Crippen molar-refractivity contribution in [1.29, 1.82) is 0 Å². The van der Waals surface area contributed by atoms with Gasteiger partial charge < -0.3 is 5.32 Å². The molecule has 8 heteroatoms. The number of carbonyl (C=O) groups is 2. The number of thioether (sulfide) groups is 1. The van der Waals surface area contributed by atoms with E-state index in [1.807, 2.05) is 31.2 Å². The van der Waals surface area contributed by atoms with Crippen molar-refractivity contribution >= 4 is 40.1 Å². The fourth-order valence-corrected chi connectivity index (χ4v) is 4.34. The van der Waals surface area contributed by atoms with E-state index < -0.39 is 22.8 Å². The number of carbonyl (C=O) groups excluding carboxylic acids is 2. The molecule has 1 aliphatic carbocycles. The number of halogens is 2. The van der Waals surface area contributed by atoms with Gasteiger partial charge in [-0.15, -0.1) is 0 Å². The first-order valence-electron chi connectivity index (χ1n) is 9.31. The van der Waals surface area contributed by atoms with Crippen molar-refractivity contribution < 1.29 is 18.4 Å². The number of aryl methyl sites for hydroxylation is 1. The van der Waals surface area contributed by atoms with Crippen molar-refractivity contribution in [2.75, 3.05) is 5.32 Å². The molecule has 1 N–H and O–H groups in total. The Labute approximate surface area is 171 Å². The molecule has 1 aliphatic heterocycles. The number of hydrogen-bond acceptors (Lipinski definition) is 4. The molecule has 0 bridgehead atoms. The van der Waals surface area contributed by atoms with Gasteiger partial charge in [0.1, 0.15) is 16.9 Å². The molecule has 4 rings (SSSR count). The highest BCUT2D eigenvalue weighted by molar-refractivity contribution is 8.15. The Morgan fingerprint density at radius 2 is 2.03 bits per heavy atom. The number of benzene rings is 2. The Morgan fingerprint density at radius 3 is 2.72 bits per heavy atom. The monoisotopic (exact) mass is 415 g/mol. The molecule has 2 aromatic carbocycles. The maximum Gasteiger partial charge on any atom is 0.242 e. The molecular formula is C21H19F2N3O2S. The first kappa shape index (κ1) is 19.6. The molecule has 1 heterocycles. The van der Waals surface area contributed by atoms with Crippen LogP contribution < -0.4 is 5.32 Å². The largest absolute Gasteiger partial charge is 0.324 e. The van der Waals surface area contributed by atoms with E-state index >= 15 is 0 Å². The van der Waals surface area contributed by atoms with Crippen molar-refractivity contribution in [3.8, 4) is 0 Å². The molecule has 150 valence electrons. The van der Waals surface area contributed by atoms with E-state index in [-0.39, 0.29) is 24.1 Å². The van der Waals surface area contributed by atoms with Crippen LogP contribution in [0.4, 0.5) is 20.2 Å². The third kappa shape index (κ3) is 4.48. The van der Waals surface area contributed by atoms with Crippen LogP contribution in [-0.2, 0) is 9.59 Å². The third-order valence-electron chi connectivity index (χ3n) is 4.68. The van der Waals surface area contributed by atoms with Crippen LogP contribution in [-0.4, -0.2) is 33.2 Å². The Morgan fingerprint density at radius 1 is 1.24 bits per heavy atom. The fourth-order valence-electron chi connectivity index (χ4n) is 3.13. The molecular weight excluding hydrogens is 396 g/mol. The number of anilines is 1. The molecule has 0 aromatic heterocycles. The molecule has 1 saturated carbocycles. The quantitative estimate of drug-likeness (QED) is 0.788. The van der Waals surface area contributed by atoms with Crippen molar-refractivity contribution in [2.24, 2.45) is 4.99 Å². The Kier molecular flexibility index (Phi) is 5.36. The van der Waals surface area contributed by atoms with Gasteiger partial charge in [-0.25, -0.2) is 13.8 Å². The minimum atomic E-state index is -0.856. The van der Waals surface area contributed by atoms with E-state index in [4.69, 9.17) is 0 Å². The number of amidine groups is 1. The summed E-state index contributed by atoms with van der Waals surface area (Å²) < 4.78 is 26.8. The minimum Gasteiger partial charge on any atom is -0.324 e. The van der Waals surface area contributed by atoms with E-state index in [1.54, 1.807) is 4.90 Å². The van der Waals surface area contributed by atoms with Gasteiger partial charge in [0.15, 0.2) is 5.17 Å². The number of hydrogen-bond donors (Lipinski definition) is 1. The predicted molar refractivity (Wildman–Crippen MR) is 109 cm³/mol. The summed E-state index contributed by atoms with van der Waals surface area (Å²) in [5, 5.41) is 2.38. The summed E-state index contributed by atoms with van der Waals surface area (Å²) in [4.78, 5) is 31.5. The molecule has 0 spiro atoms. The lowest BCUT2D eigenvalue weighted by molar-refractivity contribution is -0.128. The lowest BCUT2D eigenvalue weighted by Gasteiger charge is -2.15. The van der Waals surface area contributed by atoms with E-state index in [0.29, 0.717) is 11.2 Å². The Balaban J connectivity index is 1.49. The summed E-state index contributed by atoms with van der Waals surface area (Å²) in [6.07, 6.45) is 1.72. The zero-order valence-electron chi connectivity index (χ0n) is 15.7. The summed E-state index contributed by atoms with van der Waals surface area (Å²) in [7, 11) is 0. The summed E-state index contributed by atoms with van der Waals surface area (Å²) in [6.45, 7) is 1.97. The van der Waals surface area contributed by atoms with E-state index in [0.717, 1.165) is 36.2 Å². The van der Waals surface area contributed by atoms with Crippen LogP contribution in [0.2, 0.25) is 0 Å². The van der Waals surface area contributed by atoms with Crippen LogP contribution in [0.5, 0.6) is 0 Å². The number of rotatable bonds is 5. The van der Waals surface area contributed by atoms with Gasteiger partial charge >= 0.3 is 0 Å². The molecule has 5 nitrogen and oxygen atoms in total. The van der Waals surface area contributed by atoms with Gasteiger partial charge in [0, 0.05) is 18.5 Å². The summed E-state index contributed by atoms with van der Waals surface area (Å²) in [6, 6.07) is 10.7. The summed E-state index contributed by atoms with van der Waals surface area (Å²) >= 11 is 1.25. The van der Waals surface area contributed by atoms with Crippen LogP contribution in [0, 0.1) is 18.6 Å². The molecule has 29 heavy (non-hydrogen) atoms. The van der Waals surface area contributed by atoms with Gasteiger partial charge in [-0.05, 0) is 49.6 Å². The fraction of sp³-hybridized carbons (Fsp3) is 0.286. The highest BCUT2D eigenvalue weighted by Crippen LogP contribution is 2.39. The van der Waals surface area contributed by atoms with E-state index in [2.05, 4.69) is 10.3 Å². The maximum atomic E-state index is 13.8. The van der Waals surface area contributed by atoms with Crippen LogP contribution >= 0.6 is 11.8 Å². The molecule has 2 amide bonds. The second kappa shape index (κ2) is 7.94. The van der Waals surface area contributed by atoms with Crippen LogP contribution in [0.1, 0.15) is 24.8 Å². The first-order valence-corrected chi connectivity index (χ1v) is 10.2. The summed E-state index contributed by atoms with van der Waals surface area (Å²) in [5.74, 6) is -2.24. The lowest BCUT2D eigenvalue weighted by Crippen LogP contribution is -2.35. The van der Waals surface area contributed by atoms with Crippen molar-refractivity contribution in [3.63, 3.8) is 0 Å². The third-order valence-corrected chi connectivity index (χ3v) is 5.83. The van der Waals surface area contributed by atoms with Crippen molar-refractivity contribution in [1.82, 2.24) is 4.90 Å². The highest BCUT2D eigenvalue weighted by atomic mass is 32.2. The smallest absolute Gasteiger partial charge is 0.242 e. The number of aliphatic imine (C=N–C) groups is 1. The molecule has 2 aliphatic rings. The number of nitrogens with one attached hydrogen (secondary N) is 1. The molecule has 1 saturated heterocycles.